The molecule has 64 valence electrons. The Labute approximate surface area is 73.0 Å². The Morgan fingerprint density at radius 2 is 2.33 bits per heavy atom. The molecule has 1 aliphatic heterocycles. The molecule has 0 saturated heterocycles. The number of nitrogens with one attached hydrogen (secondary N) is 1. The van der Waals surface area contributed by atoms with E-state index in [1.807, 2.05) is 12.3 Å². The predicted octanol–water partition coefficient (Wildman–Crippen LogP) is 1.51. The molecule has 12 heavy (non-hydrogen) atoms. The number of rotatable bonds is 0. The summed E-state index contributed by atoms with van der Waals surface area (Å²) in [5.41, 5.74) is 2.81. The number of pyridine rings is 1. The molecule has 1 aromatic heterocycles. The van der Waals surface area contributed by atoms with Crippen LogP contribution < -0.4 is 5.32 Å². The van der Waals surface area contributed by atoms with E-state index in [1.54, 1.807) is 0 Å². The molecule has 2 heteroatoms. The summed E-state index contributed by atoms with van der Waals surface area (Å²) in [6.07, 6.45) is 2.91. The Morgan fingerprint density at radius 3 is 3.17 bits per heavy atom. The van der Waals surface area contributed by atoms with Crippen LogP contribution in [0, 0.1) is 0 Å². The van der Waals surface area contributed by atoms with E-state index in [4.69, 9.17) is 0 Å². The van der Waals surface area contributed by atoms with Crippen molar-refractivity contribution in [3.8, 4) is 0 Å². The van der Waals surface area contributed by atoms with E-state index in [-0.39, 0.29) is 5.54 Å². The van der Waals surface area contributed by atoms with E-state index in [2.05, 4.69) is 30.2 Å². The van der Waals surface area contributed by atoms with Gasteiger partial charge in [0.15, 0.2) is 0 Å². The number of fused-ring (bicyclic) bond motifs is 1. The fraction of sp³-hybridized carbons (Fsp3) is 0.500. The van der Waals surface area contributed by atoms with Crippen molar-refractivity contribution in [2.75, 3.05) is 0 Å². The Hall–Kier alpha value is -0.890. The molecule has 0 unspecified atom stereocenters. The van der Waals surface area contributed by atoms with Crippen LogP contribution in [0.15, 0.2) is 18.3 Å². The second-order valence-corrected chi connectivity index (χ2v) is 4.02. The van der Waals surface area contributed by atoms with Crippen LogP contribution in [0.1, 0.15) is 25.1 Å². The summed E-state index contributed by atoms with van der Waals surface area (Å²) >= 11 is 0. The normalized spacial score (nSPS) is 20.2. The van der Waals surface area contributed by atoms with Gasteiger partial charge in [0, 0.05) is 30.4 Å². The highest BCUT2D eigenvalue weighted by Gasteiger charge is 2.24. The highest BCUT2D eigenvalue weighted by molar-refractivity contribution is 5.24. The van der Waals surface area contributed by atoms with Gasteiger partial charge < -0.3 is 5.32 Å². The Bertz CT molecular complexity index is 292. The van der Waals surface area contributed by atoms with Crippen molar-refractivity contribution in [3.63, 3.8) is 0 Å². The van der Waals surface area contributed by atoms with E-state index < -0.39 is 0 Å². The maximum atomic E-state index is 4.37. The molecule has 2 heterocycles. The van der Waals surface area contributed by atoms with Crippen LogP contribution >= 0.6 is 0 Å². The van der Waals surface area contributed by atoms with Crippen molar-refractivity contribution in [2.24, 2.45) is 0 Å². The molecule has 0 bridgehead atoms. The Balaban J connectivity index is 2.35. The zero-order chi connectivity index (χ0) is 8.60. The summed E-state index contributed by atoms with van der Waals surface area (Å²) in [6.45, 7) is 5.38. The maximum Gasteiger partial charge on any atom is 0.0466 e. The molecule has 0 spiro atoms. The molecule has 1 N–H and O–H groups in total. The number of hydrogen-bond acceptors (Lipinski definition) is 2. The molecule has 0 saturated carbocycles. The summed E-state index contributed by atoms with van der Waals surface area (Å²) < 4.78 is 0. The highest BCUT2D eigenvalue weighted by atomic mass is 15.0. The van der Waals surface area contributed by atoms with Crippen molar-refractivity contribution < 1.29 is 0 Å². The number of nitrogens with zero attached hydrogens (tertiary/aromatic N) is 1. The lowest BCUT2D eigenvalue weighted by atomic mass is 9.91. The second-order valence-electron chi connectivity index (χ2n) is 4.02. The molecule has 2 rings (SSSR count). The standard InChI is InChI=1S/C10H14N2/c1-10(2)6-9-8(7-12-10)4-3-5-11-9/h3-5,12H,6-7H2,1-2H3. The average molecular weight is 162 g/mol. The molecular formula is C10H14N2. The van der Waals surface area contributed by atoms with Crippen molar-refractivity contribution in [3.05, 3.63) is 29.6 Å². The second kappa shape index (κ2) is 2.56. The molecular weight excluding hydrogens is 148 g/mol. The third-order valence-corrected chi connectivity index (χ3v) is 2.35. The van der Waals surface area contributed by atoms with Gasteiger partial charge in [0.25, 0.3) is 0 Å². The van der Waals surface area contributed by atoms with Gasteiger partial charge in [-0.1, -0.05) is 6.07 Å². The quantitative estimate of drug-likeness (QED) is 0.625. The topological polar surface area (TPSA) is 24.9 Å². The molecule has 0 amide bonds. The predicted molar refractivity (Wildman–Crippen MR) is 48.9 cm³/mol. The minimum Gasteiger partial charge on any atom is -0.307 e. The first kappa shape index (κ1) is 7.74. The average Bonchev–Trinajstić information content (AvgIpc) is 2.02. The first-order valence-electron chi connectivity index (χ1n) is 4.35. The molecule has 0 aliphatic carbocycles. The SMILES string of the molecule is CC1(C)Cc2ncccc2CN1. The third kappa shape index (κ3) is 1.34. The lowest BCUT2D eigenvalue weighted by Gasteiger charge is -2.31. The fourth-order valence-corrected chi connectivity index (χ4v) is 1.61. The van der Waals surface area contributed by atoms with Crippen LogP contribution in [0.25, 0.3) is 0 Å². The van der Waals surface area contributed by atoms with E-state index in [0.29, 0.717) is 0 Å². The lowest BCUT2D eigenvalue weighted by molar-refractivity contribution is 0.357. The van der Waals surface area contributed by atoms with Crippen LogP contribution in [-0.4, -0.2) is 10.5 Å². The zero-order valence-electron chi connectivity index (χ0n) is 7.59. The molecule has 0 aromatic carbocycles. The smallest absolute Gasteiger partial charge is 0.0466 e. The molecule has 2 nitrogen and oxygen atoms in total. The summed E-state index contributed by atoms with van der Waals surface area (Å²) in [5, 5.41) is 3.47. The van der Waals surface area contributed by atoms with Gasteiger partial charge in [-0.3, -0.25) is 4.98 Å². The third-order valence-electron chi connectivity index (χ3n) is 2.35. The first-order chi connectivity index (χ1) is 5.67. The van der Waals surface area contributed by atoms with Gasteiger partial charge in [0.05, 0.1) is 0 Å². The monoisotopic (exact) mass is 162 g/mol. The minimum atomic E-state index is 0.210. The molecule has 1 aliphatic rings. The van der Waals surface area contributed by atoms with Crippen molar-refractivity contribution in [1.29, 1.82) is 0 Å². The Kier molecular flexibility index (Phi) is 1.65. The van der Waals surface area contributed by atoms with Crippen LogP contribution in [0.2, 0.25) is 0 Å². The maximum absolute atomic E-state index is 4.37. The lowest BCUT2D eigenvalue weighted by Crippen LogP contribution is -2.44. The largest absolute Gasteiger partial charge is 0.307 e. The number of hydrogen-bond donors (Lipinski definition) is 1. The van der Waals surface area contributed by atoms with Crippen LogP contribution in [0.3, 0.4) is 0 Å². The van der Waals surface area contributed by atoms with Gasteiger partial charge >= 0.3 is 0 Å². The van der Waals surface area contributed by atoms with Gasteiger partial charge in [-0.15, -0.1) is 0 Å². The van der Waals surface area contributed by atoms with Gasteiger partial charge in [-0.05, 0) is 25.5 Å². The molecule has 0 atom stereocenters. The first-order valence-corrected chi connectivity index (χ1v) is 4.35. The van der Waals surface area contributed by atoms with Crippen molar-refractivity contribution in [1.82, 2.24) is 10.3 Å². The Morgan fingerprint density at radius 1 is 1.50 bits per heavy atom. The molecule has 0 fully saturated rings. The molecule has 1 aromatic rings. The van der Waals surface area contributed by atoms with Crippen molar-refractivity contribution in [2.45, 2.75) is 32.4 Å². The van der Waals surface area contributed by atoms with Gasteiger partial charge in [-0.2, -0.15) is 0 Å². The van der Waals surface area contributed by atoms with E-state index in [0.717, 1.165) is 13.0 Å². The number of aromatic nitrogens is 1. The van der Waals surface area contributed by atoms with Gasteiger partial charge in [-0.25, -0.2) is 0 Å². The summed E-state index contributed by atoms with van der Waals surface area (Å²) in [6, 6.07) is 4.14. The minimum absolute atomic E-state index is 0.210. The van der Waals surface area contributed by atoms with Gasteiger partial charge in [0.2, 0.25) is 0 Å². The zero-order valence-corrected chi connectivity index (χ0v) is 7.59. The van der Waals surface area contributed by atoms with E-state index in [1.165, 1.54) is 11.3 Å². The van der Waals surface area contributed by atoms with Crippen LogP contribution in [-0.2, 0) is 13.0 Å². The summed E-state index contributed by atoms with van der Waals surface area (Å²) in [4.78, 5) is 4.37. The summed E-state index contributed by atoms with van der Waals surface area (Å²) in [5.74, 6) is 0. The highest BCUT2D eigenvalue weighted by Crippen LogP contribution is 2.20. The van der Waals surface area contributed by atoms with Crippen molar-refractivity contribution >= 4 is 0 Å². The van der Waals surface area contributed by atoms with Crippen LogP contribution in [0.5, 0.6) is 0 Å². The summed E-state index contributed by atoms with van der Waals surface area (Å²) in [7, 11) is 0. The van der Waals surface area contributed by atoms with Gasteiger partial charge in [0.1, 0.15) is 0 Å². The fourth-order valence-electron chi connectivity index (χ4n) is 1.61. The van der Waals surface area contributed by atoms with E-state index >= 15 is 0 Å². The van der Waals surface area contributed by atoms with Crippen LogP contribution in [0.4, 0.5) is 0 Å². The van der Waals surface area contributed by atoms with E-state index in [9.17, 15) is 0 Å². The molecule has 0 radical (unpaired) electrons.